The molecule has 0 bridgehead atoms. The number of benzene rings is 2. The maximum Gasteiger partial charge on any atom is 0.335 e. The summed E-state index contributed by atoms with van der Waals surface area (Å²) in [4.78, 5) is 24.2. The number of fused-ring (bicyclic) bond motifs is 1. The molecule has 24 heavy (non-hydrogen) atoms. The number of carbonyl (C=O) groups excluding carboxylic acids is 1. The van der Waals surface area contributed by atoms with Crippen LogP contribution in [0.3, 0.4) is 0 Å². The normalized spacial score (nSPS) is 13.7. The molecule has 2 aromatic rings. The van der Waals surface area contributed by atoms with Crippen LogP contribution in [-0.4, -0.2) is 32.4 Å². The Morgan fingerprint density at radius 1 is 1.21 bits per heavy atom. The van der Waals surface area contributed by atoms with Gasteiger partial charge in [0.05, 0.1) is 16.9 Å². The predicted octanol–water partition coefficient (Wildman–Crippen LogP) is 1.70. The highest BCUT2D eigenvalue weighted by atomic mass is 32.2. The number of nitrogens with one attached hydrogen (secondary N) is 1. The van der Waals surface area contributed by atoms with Gasteiger partial charge in [-0.05, 0) is 42.0 Å². The van der Waals surface area contributed by atoms with E-state index >= 15 is 0 Å². The van der Waals surface area contributed by atoms with Crippen molar-refractivity contribution in [2.24, 2.45) is 0 Å². The molecular weight excluding hydrogens is 332 g/mol. The molecule has 0 saturated heterocycles. The van der Waals surface area contributed by atoms with E-state index in [4.69, 9.17) is 5.11 Å². The summed E-state index contributed by atoms with van der Waals surface area (Å²) in [5.74, 6) is -1.24. The van der Waals surface area contributed by atoms with Crippen molar-refractivity contribution in [2.75, 3.05) is 16.7 Å². The molecule has 0 atom stereocenters. The minimum Gasteiger partial charge on any atom is -0.478 e. The molecule has 0 saturated carbocycles. The van der Waals surface area contributed by atoms with Crippen LogP contribution in [0.5, 0.6) is 0 Å². The molecule has 3 rings (SSSR count). The Balaban J connectivity index is 1.92. The van der Waals surface area contributed by atoms with Gasteiger partial charge < -0.3 is 10.0 Å². The Bertz CT molecular complexity index is 953. The molecule has 0 aliphatic carbocycles. The van der Waals surface area contributed by atoms with Crippen LogP contribution >= 0.6 is 0 Å². The van der Waals surface area contributed by atoms with Crippen LogP contribution in [0.1, 0.15) is 15.9 Å². The smallest absolute Gasteiger partial charge is 0.335 e. The first kappa shape index (κ1) is 16.0. The molecule has 7 nitrogen and oxygen atoms in total. The molecule has 2 aromatic carbocycles. The molecule has 0 unspecified atom stereocenters. The lowest BCUT2D eigenvalue weighted by molar-refractivity contribution is -0.117. The van der Waals surface area contributed by atoms with Crippen molar-refractivity contribution in [3.8, 4) is 0 Å². The summed E-state index contributed by atoms with van der Waals surface area (Å²) in [6, 6.07) is 9.99. The van der Waals surface area contributed by atoms with Gasteiger partial charge in [0.1, 0.15) is 0 Å². The number of likely N-dealkylation sites (N-methyl/N-ethyl adjacent to an activating group) is 1. The molecule has 0 radical (unpaired) electrons. The average molecular weight is 346 g/mol. The summed E-state index contributed by atoms with van der Waals surface area (Å²) in [6.45, 7) is 0. The molecule has 8 heteroatoms. The standard InChI is InChI=1S/C16H14N2O5S/c1-18-14-6-5-13(8-11(14)9-15(18)19)24(22,23)17-12-4-2-3-10(7-12)16(20)21/h2-8,17H,9H2,1H3,(H,20,21). The third-order valence-corrected chi connectivity index (χ3v) is 5.18. The summed E-state index contributed by atoms with van der Waals surface area (Å²) in [5, 5.41) is 8.97. The summed E-state index contributed by atoms with van der Waals surface area (Å²) in [6.07, 6.45) is 0.156. The molecular formula is C16H14N2O5S. The number of hydrogen-bond donors (Lipinski definition) is 2. The second kappa shape index (κ2) is 5.64. The van der Waals surface area contributed by atoms with E-state index in [0.717, 1.165) is 0 Å². The van der Waals surface area contributed by atoms with Crippen molar-refractivity contribution < 1.29 is 23.1 Å². The molecule has 0 fully saturated rings. The zero-order valence-electron chi connectivity index (χ0n) is 12.7. The summed E-state index contributed by atoms with van der Waals surface area (Å²) >= 11 is 0. The largest absolute Gasteiger partial charge is 0.478 e. The van der Waals surface area contributed by atoms with Crippen LogP contribution in [0.25, 0.3) is 0 Å². The summed E-state index contributed by atoms with van der Waals surface area (Å²) in [5.41, 5.74) is 1.47. The maximum absolute atomic E-state index is 12.5. The molecule has 1 aliphatic heterocycles. The SMILES string of the molecule is CN1C(=O)Cc2cc(S(=O)(=O)Nc3cccc(C(=O)O)c3)ccc21. The summed E-state index contributed by atoms with van der Waals surface area (Å²) < 4.78 is 27.3. The van der Waals surface area contributed by atoms with Gasteiger partial charge in [-0.25, -0.2) is 13.2 Å². The monoisotopic (exact) mass is 346 g/mol. The molecule has 2 N–H and O–H groups in total. The molecule has 1 heterocycles. The minimum absolute atomic E-state index is 0.0172. The number of aromatic carboxylic acids is 1. The van der Waals surface area contributed by atoms with Gasteiger partial charge in [-0.1, -0.05) is 6.07 Å². The third kappa shape index (κ3) is 2.83. The van der Waals surface area contributed by atoms with Gasteiger partial charge in [0.2, 0.25) is 5.91 Å². The van der Waals surface area contributed by atoms with Crippen molar-refractivity contribution in [1.82, 2.24) is 0 Å². The fraction of sp³-hybridized carbons (Fsp3) is 0.125. The highest BCUT2D eigenvalue weighted by molar-refractivity contribution is 7.92. The van der Waals surface area contributed by atoms with E-state index in [1.54, 1.807) is 13.1 Å². The Morgan fingerprint density at radius 2 is 1.96 bits per heavy atom. The van der Waals surface area contributed by atoms with Gasteiger partial charge in [-0.2, -0.15) is 0 Å². The minimum atomic E-state index is -3.89. The number of carbonyl (C=O) groups is 2. The number of anilines is 2. The van der Waals surface area contributed by atoms with E-state index in [-0.39, 0.29) is 28.5 Å². The fourth-order valence-electron chi connectivity index (χ4n) is 2.54. The van der Waals surface area contributed by atoms with Gasteiger partial charge in [0, 0.05) is 18.4 Å². The number of amides is 1. The van der Waals surface area contributed by atoms with E-state index in [1.807, 2.05) is 0 Å². The van der Waals surface area contributed by atoms with Crippen LogP contribution in [-0.2, 0) is 21.2 Å². The first-order valence-corrected chi connectivity index (χ1v) is 8.52. The summed E-state index contributed by atoms with van der Waals surface area (Å²) in [7, 11) is -2.25. The van der Waals surface area contributed by atoms with Gasteiger partial charge in [0.15, 0.2) is 0 Å². The van der Waals surface area contributed by atoms with Crippen molar-refractivity contribution in [2.45, 2.75) is 11.3 Å². The molecule has 0 spiro atoms. The van der Waals surface area contributed by atoms with Gasteiger partial charge in [-0.3, -0.25) is 9.52 Å². The lowest BCUT2D eigenvalue weighted by atomic mass is 10.2. The predicted molar refractivity (Wildman–Crippen MR) is 87.8 cm³/mol. The number of carboxylic acids is 1. The van der Waals surface area contributed by atoms with Crippen LogP contribution in [0.2, 0.25) is 0 Å². The zero-order valence-corrected chi connectivity index (χ0v) is 13.5. The molecule has 0 aromatic heterocycles. The van der Waals surface area contributed by atoms with E-state index in [0.29, 0.717) is 11.3 Å². The van der Waals surface area contributed by atoms with Gasteiger partial charge in [-0.15, -0.1) is 0 Å². The van der Waals surface area contributed by atoms with Gasteiger partial charge in [0.25, 0.3) is 10.0 Å². The van der Waals surface area contributed by atoms with Crippen LogP contribution < -0.4 is 9.62 Å². The fourth-order valence-corrected chi connectivity index (χ4v) is 3.64. The average Bonchev–Trinajstić information content (AvgIpc) is 2.81. The Morgan fingerprint density at radius 3 is 2.67 bits per heavy atom. The van der Waals surface area contributed by atoms with E-state index in [9.17, 15) is 18.0 Å². The maximum atomic E-state index is 12.5. The Labute approximate surface area is 138 Å². The van der Waals surface area contributed by atoms with Crippen LogP contribution in [0.4, 0.5) is 11.4 Å². The number of rotatable bonds is 4. The van der Waals surface area contributed by atoms with E-state index < -0.39 is 16.0 Å². The Hall–Kier alpha value is -2.87. The quantitative estimate of drug-likeness (QED) is 0.877. The lowest BCUT2D eigenvalue weighted by Gasteiger charge is -2.12. The molecule has 1 amide bonds. The van der Waals surface area contributed by atoms with Gasteiger partial charge >= 0.3 is 5.97 Å². The van der Waals surface area contributed by atoms with E-state index in [2.05, 4.69) is 4.72 Å². The third-order valence-electron chi connectivity index (χ3n) is 3.80. The first-order chi connectivity index (χ1) is 11.3. The zero-order chi connectivity index (χ0) is 17.5. The van der Waals surface area contributed by atoms with Crippen molar-refractivity contribution >= 4 is 33.3 Å². The van der Waals surface area contributed by atoms with Crippen molar-refractivity contribution in [3.05, 3.63) is 53.6 Å². The number of carboxylic acid groups (broad SMARTS) is 1. The topological polar surface area (TPSA) is 104 Å². The highest BCUT2D eigenvalue weighted by Crippen LogP contribution is 2.30. The number of sulfonamides is 1. The highest BCUT2D eigenvalue weighted by Gasteiger charge is 2.26. The Kier molecular flexibility index (Phi) is 3.76. The molecule has 1 aliphatic rings. The van der Waals surface area contributed by atoms with Crippen molar-refractivity contribution in [1.29, 1.82) is 0 Å². The number of nitrogens with zero attached hydrogens (tertiary/aromatic N) is 1. The molecule has 124 valence electrons. The number of hydrogen-bond acceptors (Lipinski definition) is 4. The van der Waals surface area contributed by atoms with Crippen LogP contribution in [0, 0.1) is 0 Å². The van der Waals surface area contributed by atoms with Crippen LogP contribution in [0.15, 0.2) is 47.4 Å². The second-order valence-corrected chi connectivity index (χ2v) is 7.09. The lowest BCUT2D eigenvalue weighted by Crippen LogP contribution is -2.20. The van der Waals surface area contributed by atoms with Crippen molar-refractivity contribution in [3.63, 3.8) is 0 Å². The first-order valence-electron chi connectivity index (χ1n) is 7.03. The van der Waals surface area contributed by atoms with E-state index in [1.165, 1.54) is 41.3 Å². The second-order valence-electron chi connectivity index (χ2n) is 5.41.